The van der Waals surface area contributed by atoms with Crippen molar-refractivity contribution in [3.05, 3.63) is 0 Å². The first-order valence-corrected chi connectivity index (χ1v) is 6.64. The smallest absolute Gasteiger partial charge is 0.0869 e. The zero-order valence-electron chi connectivity index (χ0n) is 11.7. The van der Waals surface area contributed by atoms with Crippen molar-refractivity contribution >= 4 is 0 Å². The average molecular weight is 244 g/mol. The van der Waals surface area contributed by atoms with Crippen LogP contribution >= 0.6 is 0 Å². The van der Waals surface area contributed by atoms with Gasteiger partial charge in [-0.1, -0.05) is 13.8 Å². The predicted octanol–water partition coefficient (Wildman–Crippen LogP) is 0.846. The molecule has 1 unspecified atom stereocenters. The molecule has 0 aromatic rings. The van der Waals surface area contributed by atoms with E-state index in [1.54, 1.807) is 0 Å². The Hall–Kier alpha value is -0.160. The van der Waals surface area contributed by atoms with E-state index >= 15 is 0 Å². The Morgan fingerprint density at radius 1 is 1.41 bits per heavy atom. The maximum atomic E-state index is 10.3. The van der Waals surface area contributed by atoms with Gasteiger partial charge in [0.15, 0.2) is 0 Å². The molecule has 1 aliphatic rings. The Kier molecular flexibility index (Phi) is 5.86. The van der Waals surface area contributed by atoms with Gasteiger partial charge in [-0.05, 0) is 26.8 Å². The number of hydrogen-bond donors (Lipinski definition) is 2. The van der Waals surface area contributed by atoms with Crippen LogP contribution < -0.4 is 5.32 Å². The second-order valence-electron chi connectivity index (χ2n) is 5.79. The number of aliphatic hydroxyl groups is 1. The quantitative estimate of drug-likeness (QED) is 0.727. The first kappa shape index (κ1) is 14.9. The van der Waals surface area contributed by atoms with E-state index in [1.165, 1.54) is 0 Å². The molecule has 4 nitrogen and oxygen atoms in total. The van der Waals surface area contributed by atoms with Gasteiger partial charge in [0, 0.05) is 38.4 Å². The molecular weight excluding hydrogens is 216 g/mol. The molecule has 0 spiro atoms. The van der Waals surface area contributed by atoms with Crippen LogP contribution in [-0.2, 0) is 4.74 Å². The summed E-state index contributed by atoms with van der Waals surface area (Å²) in [5.41, 5.74) is -0.669. The maximum Gasteiger partial charge on any atom is 0.0869 e. The fourth-order valence-electron chi connectivity index (χ4n) is 2.27. The standard InChI is InChI=1S/C13H28N2O2/c1-11(2)14-9-13(3,16)10-15(4)12-5-7-17-8-6-12/h11-12,14,16H,5-10H2,1-4H3. The van der Waals surface area contributed by atoms with Crippen LogP contribution in [0.4, 0.5) is 0 Å². The lowest BCUT2D eigenvalue weighted by Crippen LogP contribution is -2.51. The third kappa shape index (κ3) is 5.82. The minimum Gasteiger partial charge on any atom is -0.388 e. The summed E-state index contributed by atoms with van der Waals surface area (Å²) in [5, 5.41) is 13.6. The highest BCUT2D eigenvalue weighted by atomic mass is 16.5. The van der Waals surface area contributed by atoms with Crippen LogP contribution in [0.1, 0.15) is 33.6 Å². The van der Waals surface area contributed by atoms with E-state index < -0.39 is 5.60 Å². The molecule has 1 heterocycles. The van der Waals surface area contributed by atoms with Crippen LogP contribution in [0, 0.1) is 0 Å². The van der Waals surface area contributed by atoms with Crippen LogP contribution in [0.3, 0.4) is 0 Å². The molecule has 4 heteroatoms. The van der Waals surface area contributed by atoms with Gasteiger partial charge >= 0.3 is 0 Å². The summed E-state index contributed by atoms with van der Waals surface area (Å²) in [6, 6.07) is 0.962. The largest absolute Gasteiger partial charge is 0.388 e. The SMILES string of the molecule is CC(C)NCC(C)(O)CN(C)C1CCOCC1. The van der Waals surface area contributed by atoms with E-state index in [-0.39, 0.29) is 0 Å². The highest BCUT2D eigenvalue weighted by Crippen LogP contribution is 2.15. The lowest BCUT2D eigenvalue weighted by atomic mass is 10.0. The molecule has 1 rings (SSSR count). The molecule has 0 aromatic heterocycles. The molecule has 0 aromatic carbocycles. The van der Waals surface area contributed by atoms with Crippen LogP contribution in [-0.4, -0.2) is 61.0 Å². The molecule has 102 valence electrons. The zero-order chi connectivity index (χ0) is 12.9. The first-order chi connectivity index (χ1) is 7.91. The molecule has 1 aliphatic heterocycles. The van der Waals surface area contributed by atoms with Crippen molar-refractivity contribution < 1.29 is 9.84 Å². The van der Waals surface area contributed by atoms with Gasteiger partial charge in [-0.25, -0.2) is 0 Å². The second kappa shape index (κ2) is 6.69. The number of likely N-dealkylation sites (N-methyl/N-ethyl adjacent to an activating group) is 1. The molecule has 0 bridgehead atoms. The van der Waals surface area contributed by atoms with Crippen molar-refractivity contribution in [2.24, 2.45) is 0 Å². The van der Waals surface area contributed by atoms with Crippen molar-refractivity contribution in [1.82, 2.24) is 10.2 Å². The highest BCUT2D eigenvalue weighted by Gasteiger charge is 2.27. The van der Waals surface area contributed by atoms with E-state index in [0.29, 0.717) is 25.2 Å². The van der Waals surface area contributed by atoms with Crippen LogP contribution in [0.15, 0.2) is 0 Å². The average Bonchev–Trinajstić information content (AvgIpc) is 2.27. The summed E-state index contributed by atoms with van der Waals surface area (Å²) in [6.07, 6.45) is 2.15. The third-order valence-corrected chi connectivity index (χ3v) is 3.30. The molecule has 17 heavy (non-hydrogen) atoms. The monoisotopic (exact) mass is 244 g/mol. The Labute approximate surface area is 105 Å². The van der Waals surface area contributed by atoms with E-state index in [0.717, 1.165) is 26.1 Å². The van der Waals surface area contributed by atoms with Crippen molar-refractivity contribution in [3.63, 3.8) is 0 Å². The fraction of sp³-hybridized carbons (Fsp3) is 1.00. The minimum atomic E-state index is -0.669. The Morgan fingerprint density at radius 2 is 2.00 bits per heavy atom. The van der Waals surface area contributed by atoms with Crippen LogP contribution in [0.5, 0.6) is 0 Å². The normalized spacial score (nSPS) is 22.1. The zero-order valence-corrected chi connectivity index (χ0v) is 11.7. The Balaban J connectivity index is 2.34. The molecule has 1 atom stereocenters. The van der Waals surface area contributed by atoms with Gasteiger partial charge in [0.05, 0.1) is 5.60 Å². The van der Waals surface area contributed by atoms with Gasteiger partial charge in [-0.3, -0.25) is 0 Å². The fourth-order valence-corrected chi connectivity index (χ4v) is 2.27. The van der Waals surface area contributed by atoms with Gasteiger partial charge in [0.2, 0.25) is 0 Å². The molecule has 2 N–H and O–H groups in total. The molecule has 0 aliphatic carbocycles. The van der Waals surface area contributed by atoms with Gasteiger partial charge in [-0.2, -0.15) is 0 Å². The summed E-state index contributed by atoms with van der Waals surface area (Å²) in [6.45, 7) is 9.13. The van der Waals surface area contributed by atoms with E-state index in [1.807, 2.05) is 6.92 Å². The topological polar surface area (TPSA) is 44.7 Å². The van der Waals surface area contributed by atoms with Gasteiger partial charge < -0.3 is 20.1 Å². The second-order valence-corrected chi connectivity index (χ2v) is 5.79. The van der Waals surface area contributed by atoms with E-state index in [2.05, 4.69) is 31.1 Å². The summed E-state index contributed by atoms with van der Waals surface area (Å²) in [7, 11) is 2.10. The van der Waals surface area contributed by atoms with Gasteiger partial charge in [0.25, 0.3) is 0 Å². The van der Waals surface area contributed by atoms with Crippen molar-refractivity contribution in [3.8, 4) is 0 Å². The molecule has 0 radical (unpaired) electrons. The molecule has 1 fully saturated rings. The van der Waals surface area contributed by atoms with Crippen molar-refractivity contribution in [1.29, 1.82) is 0 Å². The van der Waals surface area contributed by atoms with Crippen molar-refractivity contribution in [2.75, 3.05) is 33.4 Å². The minimum absolute atomic E-state index is 0.412. The van der Waals surface area contributed by atoms with E-state index in [9.17, 15) is 5.11 Å². The first-order valence-electron chi connectivity index (χ1n) is 6.64. The van der Waals surface area contributed by atoms with E-state index in [4.69, 9.17) is 4.74 Å². The summed E-state index contributed by atoms with van der Waals surface area (Å²) in [4.78, 5) is 2.27. The third-order valence-electron chi connectivity index (χ3n) is 3.30. The number of nitrogens with zero attached hydrogens (tertiary/aromatic N) is 1. The van der Waals surface area contributed by atoms with Crippen LogP contribution in [0.2, 0.25) is 0 Å². The summed E-state index contributed by atoms with van der Waals surface area (Å²) >= 11 is 0. The lowest BCUT2D eigenvalue weighted by Gasteiger charge is -2.36. The van der Waals surface area contributed by atoms with Gasteiger partial charge in [0.1, 0.15) is 0 Å². The summed E-state index contributed by atoms with van der Waals surface area (Å²) < 4.78 is 5.36. The number of rotatable bonds is 6. The highest BCUT2D eigenvalue weighted by molar-refractivity contribution is 4.83. The Morgan fingerprint density at radius 3 is 2.53 bits per heavy atom. The Bertz CT molecular complexity index is 213. The predicted molar refractivity (Wildman–Crippen MR) is 70.2 cm³/mol. The molecule has 0 amide bonds. The van der Waals surface area contributed by atoms with Crippen molar-refractivity contribution in [2.45, 2.75) is 51.3 Å². The van der Waals surface area contributed by atoms with Crippen LogP contribution in [0.25, 0.3) is 0 Å². The lowest BCUT2D eigenvalue weighted by molar-refractivity contribution is -0.0116. The maximum absolute atomic E-state index is 10.3. The number of nitrogens with one attached hydrogen (secondary N) is 1. The van der Waals surface area contributed by atoms with Gasteiger partial charge in [-0.15, -0.1) is 0 Å². The number of ether oxygens (including phenoxy) is 1. The molecule has 1 saturated heterocycles. The summed E-state index contributed by atoms with van der Waals surface area (Å²) in [5.74, 6) is 0. The molecule has 0 saturated carbocycles. The number of hydrogen-bond acceptors (Lipinski definition) is 4. The molecular formula is C13H28N2O2.